The monoisotopic (exact) mass is 470 g/mol. The fourth-order valence-corrected chi connectivity index (χ4v) is 4.98. The Morgan fingerprint density at radius 3 is 2.55 bits per heavy atom. The lowest BCUT2D eigenvalue weighted by atomic mass is 9.98. The first kappa shape index (κ1) is 23.1. The number of hydrogen-bond donors (Lipinski definition) is 1. The van der Waals surface area contributed by atoms with Gasteiger partial charge in [0.05, 0.1) is 16.4 Å². The molecule has 1 aromatic heterocycles. The Morgan fingerprint density at radius 1 is 1.15 bits per heavy atom. The van der Waals surface area contributed by atoms with Gasteiger partial charge < -0.3 is 25.3 Å². The molecule has 2 saturated heterocycles. The number of aromatic nitrogens is 1. The van der Waals surface area contributed by atoms with Crippen LogP contribution in [0.15, 0.2) is 45.0 Å². The standard InChI is InChI=1S/C22H30N8O2S/c1-28-10-12-30(13-11-28)22(31)29-8-6-17(7-9-29)21-26-19(15-33-21)14-32-20-4-2-18(3-5-20)24-16-25-27-23/h2-5,15-17H,6-14H2,1H3,(H2,23,24,25). The molecule has 176 valence electrons. The van der Waals surface area contributed by atoms with Crippen molar-refractivity contribution in [2.75, 3.05) is 46.3 Å². The molecule has 33 heavy (non-hydrogen) atoms. The third kappa shape index (κ3) is 6.26. The maximum atomic E-state index is 12.8. The van der Waals surface area contributed by atoms with Gasteiger partial charge in [-0.15, -0.1) is 16.5 Å². The summed E-state index contributed by atoms with van der Waals surface area (Å²) >= 11 is 1.68. The van der Waals surface area contributed by atoms with Gasteiger partial charge in [0.1, 0.15) is 18.7 Å². The number of ether oxygens (including phenoxy) is 1. The van der Waals surface area contributed by atoms with E-state index in [4.69, 9.17) is 15.6 Å². The minimum Gasteiger partial charge on any atom is -0.487 e. The first-order valence-corrected chi connectivity index (χ1v) is 12.0. The van der Waals surface area contributed by atoms with E-state index < -0.39 is 0 Å². The number of thiazole rings is 1. The highest BCUT2D eigenvalue weighted by Crippen LogP contribution is 2.31. The number of amides is 2. The van der Waals surface area contributed by atoms with Gasteiger partial charge in [0.15, 0.2) is 0 Å². The molecular weight excluding hydrogens is 440 g/mol. The highest BCUT2D eigenvalue weighted by Gasteiger charge is 2.29. The van der Waals surface area contributed by atoms with E-state index in [0.717, 1.165) is 74.2 Å². The molecule has 0 atom stereocenters. The second-order valence-electron chi connectivity index (χ2n) is 8.27. The number of nitrogens with two attached hydrogens (primary N) is 1. The fraction of sp³-hybridized carbons (Fsp3) is 0.500. The predicted octanol–water partition coefficient (Wildman–Crippen LogP) is 3.25. The van der Waals surface area contributed by atoms with Crippen molar-refractivity contribution in [1.29, 1.82) is 0 Å². The molecule has 2 amide bonds. The third-order valence-electron chi connectivity index (χ3n) is 6.01. The molecule has 1 aromatic carbocycles. The van der Waals surface area contributed by atoms with E-state index >= 15 is 0 Å². The zero-order valence-corrected chi connectivity index (χ0v) is 19.7. The molecule has 2 fully saturated rings. The molecule has 3 heterocycles. The lowest BCUT2D eigenvalue weighted by Gasteiger charge is -2.38. The average molecular weight is 471 g/mol. The maximum absolute atomic E-state index is 12.8. The number of nitrogens with zero attached hydrogens (tertiary/aromatic N) is 7. The van der Waals surface area contributed by atoms with Crippen LogP contribution in [0.25, 0.3) is 0 Å². The Hall–Kier alpha value is -3.05. The number of piperazine rings is 1. The van der Waals surface area contributed by atoms with Crippen molar-refractivity contribution in [2.24, 2.45) is 21.2 Å². The smallest absolute Gasteiger partial charge is 0.320 e. The quantitative estimate of drug-likeness (QED) is 0.229. The Bertz CT molecular complexity index is 961. The molecule has 2 aliphatic heterocycles. The second kappa shape index (κ2) is 11.2. The Morgan fingerprint density at radius 2 is 1.85 bits per heavy atom. The van der Waals surface area contributed by atoms with Crippen LogP contribution in [0.1, 0.15) is 29.5 Å². The zero-order valence-electron chi connectivity index (χ0n) is 18.8. The first-order chi connectivity index (χ1) is 16.1. The van der Waals surface area contributed by atoms with Gasteiger partial charge >= 0.3 is 6.03 Å². The second-order valence-corrected chi connectivity index (χ2v) is 9.16. The Balaban J connectivity index is 1.23. The molecule has 0 unspecified atom stereocenters. The molecule has 0 aliphatic carbocycles. The molecule has 2 aromatic rings. The van der Waals surface area contributed by atoms with Gasteiger partial charge in [0.25, 0.3) is 0 Å². The summed E-state index contributed by atoms with van der Waals surface area (Å²) in [6.07, 6.45) is 3.21. The van der Waals surface area contributed by atoms with Crippen LogP contribution in [0.3, 0.4) is 0 Å². The van der Waals surface area contributed by atoms with E-state index in [-0.39, 0.29) is 6.03 Å². The fourth-order valence-electron chi connectivity index (χ4n) is 4.00. The lowest BCUT2D eigenvalue weighted by Crippen LogP contribution is -2.53. The SMILES string of the molecule is CN1CCN(C(=O)N2CCC(c3nc(COc4ccc(N=CN=NN)cc4)cs3)CC2)CC1. The molecule has 11 heteroatoms. The van der Waals surface area contributed by atoms with E-state index in [1.807, 2.05) is 34.1 Å². The van der Waals surface area contributed by atoms with Crippen LogP contribution in [0, 0.1) is 0 Å². The number of urea groups is 1. The number of likely N-dealkylation sites (tertiary alicyclic amines) is 1. The molecule has 0 radical (unpaired) electrons. The lowest BCUT2D eigenvalue weighted by molar-refractivity contribution is 0.113. The summed E-state index contributed by atoms with van der Waals surface area (Å²) in [6.45, 7) is 5.55. The van der Waals surface area contributed by atoms with E-state index in [1.54, 1.807) is 11.3 Å². The van der Waals surface area contributed by atoms with Crippen molar-refractivity contribution >= 4 is 29.4 Å². The summed E-state index contributed by atoms with van der Waals surface area (Å²) in [5.41, 5.74) is 1.67. The van der Waals surface area contributed by atoms with Crippen molar-refractivity contribution in [3.63, 3.8) is 0 Å². The van der Waals surface area contributed by atoms with Gasteiger partial charge in [-0.25, -0.2) is 14.8 Å². The summed E-state index contributed by atoms with van der Waals surface area (Å²) < 4.78 is 5.87. The van der Waals surface area contributed by atoms with Gasteiger partial charge in [-0.1, -0.05) is 5.22 Å². The minimum atomic E-state index is 0.190. The van der Waals surface area contributed by atoms with Crippen molar-refractivity contribution in [3.8, 4) is 5.75 Å². The van der Waals surface area contributed by atoms with E-state index in [1.165, 1.54) is 6.34 Å². The zero-order chi connectivity index (χ0) is 23.0. The van der Waals surface area contributed by atoms with E-state index in [0.29, 0.717) is 12.5 Å². The van der Waals surface area contributed by atoms with Gasteiger partial charge in [-0.05, 0) is 44.2 Å². The molecule has 2 N–H and O–H groups in total. The van der Waals surface area contributed by atoms with E-state index in [9.17, 15) is 4.79 Å². The average Bonchev–Trinajstić information content (AvgIpc) is 3.33. The highest BCUT2D eigenvalue weighted by molar-refractivity contribution is 7.09. The Kier molecular flexibility index (Phi) is 7.84. The van der Waals surface area contributed by atoms with Crippen molar-refractivity contribution in [2.45, 2.75) is 25.4 Å². The molecule has 2 aliphatic rings. The molecular formula is C22H30N8O2S. The summed E-state index contributed by atoms with van der Waals surface area (Å²) in [7, 11) is 2.10. The number of piperidine rings is 1. The highest BCUT2D eigenvalue weighted by atomic mass is 32.1. The van der Waals surface area contributed by atoms with Crippen LogP contribution in [-0.2, 0) is 6.61 Å². The van der Waals surface area contributed by atoms with Gasteiger partial charge in [0.2, 0.25) is 0 Å². The van der Waals surface area contributed by atoms with Crippen LogP contribution in [-0.4, -0.2) is 78.4 Å². The molecule has 4 rings (SSSR count). The summed E-state index contributed by atoms with van der Waals surface area (Å²) in [5.74, 6) is 6.09. The minimum absolute atomic E-state index is 0.190. The van der Waals surface area contributed by atoms with Gasteiger partial charge in [-0.3, -0.25) is 0 Å². The van der Waals surface area contributed by atoms with Crippen LogP contribution in [0.4, 0.5) is 10.5 Å². The molecule has 10 nitrogen and oxygen atoms in total. The number of aliphatic imine (C=N–C) groups is 1. The predicted molar refractivity (Wildman–Crippen MR) is 128 cm³/mol. The summed E-state index contributed by atoms with van der Waals surface area (Å²) in [5, 5.41) is 9.82. The number of carbonyl (C=O) groups excluding carboxylic acids is 1. The van der Waals surface area contributed by atoms with Crippen molar-refractivity contribution < 1.29 is 9.53 Å². The molecule has 0 bridgehead atoms. The molecule has 0 saturated carbocycles. The van der Waals surface area contributed by atoms with Crippen molar-refractivity contribution in [3.05, 3.63) is 40.3 Å². The van der Waals surface area contributed by atoms with Crippen molar-refractivity contribution in [1.82, 2.24) is 19.7 Å². The molecule has 0 spiro atoms. The van der Waals surface area contributed by atoms with Gasteiger partial charge in [-0.2, -0.15) is 0 Å². The number of carbonyl (C=O) groups is 1. The summed E-state index contributed by atoms with van der Waals surface area (Å²) in [4.78, 5) is 28.0. The normalized spacial score (nSPS) is 18.5. The number of benzene rings is 1. The van der Waals surface area contributed by atoms with Crippen LogP contribution >= 0.6 is 11.3 Å². The van der Waals surface area contributed by atoms with Crippen LogP contribution < -0.4 is 10.6 Å². The summed E-state index contributed by atoms with van der Waals surface area (Å²) in [6, 6.07) is 7.57. The Labute approximate surface area is 197 Å². The number of rotatable bonds is 6. The van der Waals surface area contributed by atoms with Gasteiger partial charge in [0, 0.05) is 50.6 Å². The number of hydrogen-bond acceptors (Lipinski definition) is 7. The third-order valence-corrected chi connectivity index (χ3v) is 7.06. The topological polar surface area (TPSA) is 112 Å². The largest absolute Gasteiger partial charge is 0.487 e. The number of likely N-dealkylation sites (N-methyl/N-ethyl adjacent to an activating group) is 1. The van der Waals surface area contributed by atoms with Crippen LogP contribution in [0.5, 0.6) is 5.75 Å². The van der Waals surface area contributed by atoms with E-state index in [2.05, 4.69) is 32.7 Å². The maximum Gasteiger partial charge on any atom is 0.320 e. The first-order valence-electron chi connectivity index (χ1n) is 11.1. The van der Waals surface area contributed by atoms with Crippen LogP contribution in [0.2, 0.25) is 0 Å².